The van der Waals surface area contributed by atoms with E-state index in [4.69, 9.17) is 9.73 Å². The van der Waals surface area contributed by atoms with Crippen molar-refractivity contribution in [3.63, 3.8) is 0 Å². The second kappa shape index (κ2) is 8.88. The molecule has 0 N–H and O–H groups in total. The summed E-state index contributed by atoms with van der Waals surface area (Å²) in [4.78, 5) is 19.9. The van der Waals surface area contributed by atoms with Crippen molar-refractivity contribution >= 4 is 17.0 Å². The number of nitrogens with zero attached hydrogens (tertiary/aromatic N) is 4. The summed E-state index contributed by atoms with van der Waals surface area (Å²) in [6.07, 6.45) is 1.85. The van der Waals surface area contributed by atoms with E-state index in [2.05, 4.69) is 18.1 Å². The quantitative estimate of drug-likeness (QED) is 0.405. The second-order valence-corrected chi connectivity index (χ2v) is 8.63. The van der Waals surface area contributed by atoms with Crippen LogP contribution < -0.4 is 15.1 Å². The van der Waals surface area contributed by atoms with Crippen LogP contribution in [-0.4, -0.2) is 21.0 Å². The average Bonchev–Trinajstić information content (AvgIpc) is 3.23. The normalized spacial score (nSPS) is 11.7. The van der Waals surface area contributed by atoms with Gasteiger partial charge in [-0.1, -0.05) is 36.4 Å². The lowest BCUT2D eigenvalue weighted by Crippen LogP contribution is -2.18. The molecule has 2 heterocycles. The number of ether oxygens (including phenoxy) is 1. The molecule has 164 valence electrons. The molecule has 0 atom stereocenters. The molecule has 2 aromatic heterocycles. The number of hydrogen-bond acceptors (Lipinski definition) is 4. The SMILES string of the molecule is C=CCn1c(-c2ccc(OC)cc2)c(C)sc1=Nc1c(-c2ccccc2)n(C)n(C)c1=O. The van der Waals surface area contributed by atoms with Crippen molar-refractivity contribution in [1.82, 2.24) is 13.9 Å². The highest BCUT2D eigenvalue weighted by Gasteiger charge is 2.19. The Bertz CT molecular complexity index is 1390. The molecule has 2 aromatic carbocycles. The van der Waals surface area contributed by atoms with E-state index in [9.17, 15) is 4.79 Å². The summed E-state index contributed by atoms with van der Waals surface area (Å²) in [5.41, 5.74) is 4.16. The van der Waals surface area contributed by atoms with Gasteiger partial charge in [0.15, 0.2) is 10.5 Å². The molecule has 0 saturated carbocycles. The van der Waals surface area contributed by atoms with Crippen molar-refractivity contribution < 1.29 is 4.74 Å². The van der Waals surface area contributed by atoms with E-state index in [1.54, 1.807) is 30.2 Å². The molecule has 7 heteroatoms. The minimum absolute atomic E-state index is 0.131. The number of aryl methyl sites for hydroxylation is 1. The molecule has 32 heavy (non-hydrogen) atoms. The van der Waals surface area contributed by atoms with Gasteiger partial charge in [0.1, 0.15) is 5.75 Å². The van der Waals surface area contributed by atoms with E-state index >= 15 is 0 Å². The Labute approximate surface area is 191 Å². The Morgan fingerprint density at radius 1 is 1.00 bits per heavy atom. The Morgan fingerprint density at radius 3 is 2.28 bits per heavy atom. The van der Waals surface area contributed by atoms with Gasteiger partial charge in [-0.05, 0) is 36.8 Å². The van der Waals surface area contributed by atoms with Crippen molar-refractivity contribution in [2.45, 2.75) is 13.5 Å². The predicted octanol–water partition coefficient (Wildman–Crippen LogP) is 4.66. The number of allylic oxidation sites excluding steroid dienone is 1. The summed E-state index contributed by atoms with van der Waals surface area (Å²) in [5, 5.41) is 0. The van der Waals surface area contributed by atoms with Crippen molar-refractivity contribution in [3.8, 4) is 28.3 Å². The fourth-order valence-corrected chi connectivity index (χ4v) is 4.84. The number of aromatic nitrogens is 3. The summed E-state index contributed by atoms with van der Waals surface area (Å²) in [5.74, 6) is 0.807. The van der Waals surface area contributed by atoms with Gasteiger partial charge in [0.25, 0.3) is 5.56 Å². The van der Waals surface area contributed by atoms with E-state index in [0.717, 1.165) is 37.9 Å². The highest BCUT2D eigenvalue weighted by atomic mass is 32.1. The molecule has 0 aliphatic rings. The third kappa shape index (κ3) is 3.76. The van der Waals surface area contributed by atoms with Crippen molar-refractivity contribution in [2.75, 3.05) is 7.11 Å². The molecule has 6 nitrogen and oxygen atoms in total. The maximum absolute atomic E-state index is 13.1. The second-order valence-electron chi connectivity index (χ2n) is 7.44. The van der Waals surface area contributed by atoms with E-state index in [-0.39, 0.29) is 5.56 Å². The van der Waals surface area contributed by atoms with Gasteiger partial charge in [-0.2, -0.15) is 0 Å². The van der Waals surface area contributed by atoms with Gasteiger partial charge in [-0.15, -0.1) is 17.9 Å². The van der Waals surface area contributed by atoms with E-state index in [0.29, 0.717) is 12.2 Å². The number of benzene rings is 2. The van der Waals surface area contributed by atoms with E-state index in [1.807, 2.05) is 72.4 Å². The summed E-state index contributed by atoms with van der Waals surface area (Å²) in [6, 6.07) is 17.8. The summed E-state index contributed by atoms with van der Waals surface area (Å²) >= 11 is 1.57. The molecule has 0 amide bonds. The first-order valence-electron chi connectivity index (χ1n) is 10.3. The predicted molar refractivity (Wildman–Crippen MR) is 131 cm³/mol. The summed E-state index contributed by atoms with van der Waals surface area (Å²) in [7, 11) is 5.29. The van der Waals surface area contributed by atoms with Crippen LogP contribution in [0.15, 0.2) is 77.0 Å². The minimum Gasteiger partial charge on any atom is -0.497 e. The van der Waals surface area contributed by atoms with Gasteiger partial charge in [-0.25, -0.2) is 4.99 Å². The standard InChI is InChI=1S/C25H26N4O2S/c1-6-16-29-22(19-12-14-20(31-5)15-13-19)17(2)32-25(29)26-21-23(18-10-8-7-9-11-18)27(3)28(4)24(21)30/h6-15H,1,16H2,2-5H3. The first kappa shape index (κ1) is 21.6. The Kier molecular flexibility index (Phi) is 6.01. The first-order valence-corrected chi connectivity index (χ1v) is 11.1. The van der Waals surface area contributed by atoms with Crippen LogP contribution in [0.3, 0.4) is 0 Å². The van der Waals surface area contributed by atoms with Crippen LogP contribution >= 0.6 is 11.3 Å². The van der Waals surface area contributed by atoms with Crippen LogP contribution in [0.5, 0.6) is 5.75 Å². The van der Waals surface area contributed by atoms with Crippen LogP contribution in [-0.2, 0) is 20.6 Å². The largest absolute Gasteiger partial charge is 0.497 e. The topological polar surface area (TPSA) is 53.4 Å². The first-order chi connectivity index (χ1) is 15.5. The number of thiazole rings is 1. The molecular formula is C25H26N4O2S. The smallest absolute Gasteiger partial charge is 0.293 e. The highest BCUT2D eigenvalue weighted by molar-refractivity contribution is 7.09. The van der Waals surface area contributed by atoms with Crippen molar-refractivity contribution in [1.29, 1.82) is 0 Å². The fourth-order valence-electron chi connectivity index (χ4n) is 3.83. The highest BCUT2D eigenvalue weighted by Crippen LogP contribution is 2.30. The van der Waals surface area contributed by atoms with Crippen LogP contribution in [0, 0.1) is 6.92 Å². The third-order valence-electron chi connectivity index (χ3n) is 5.50. The van der Waals surface area contributed by atoms with Crippen LogP contribution in [0.25, 0.3) is 22.5 Å². The van der Waals surface area contributed by atoms with Crippen LogP contribution in [0.1, 0.15) is 4.88 Å². The van der Waals surface area contributed by atoms with Gasteiger partial charge in [0, 0.05) is 31.1 Å². The van der Waals surface area contributed by atoms with Gasteiger partial charge in [0.2, 0.25) is 0 Å². The maximum Gasteiger partial charge on any atom is 0.293 e. The fraction of sp³-hybridized carbons (Fsp3) is 0.200. The molecule has 0 aliphatic carbocycles. The lowest BCUT2D eigenvalue weighted by molar-refractivity contribution is 0.415. The van der Waals surface area contributed by atoms with E-state index < -0.39 is 0 Å². The zero-order valence-corrected chi connectivity index (χ0v) is 19.5. The molecular weight excluding hydrogens is 420 g/mol. The number of methoxy groups -OCH3 is 1. The lowest BCUT2D eigenvalue weighted by atomic mass is 10.1. The van der Waals surface area contributed by atoms with Gasteiger partial charge >= 0.3 is 0 Å². The molecule has 0 aliphatic heterocycles. The van der Waals surface area contributed by atoms with Crippen LogP contribution in [0.4, 0.5) is 5.69 Å². The molecule has 0 spiro atoms. The monoisotopic (exact) mass is 446 g/mol. The number of rotatable bonds is 6. The van der Waals surface area contributed by atoms with E-state index in [1.165, 1.54) is 0 Å². The Morgan fingerprint density at radius 2 is 1.66 bits per heavy atom. The van der Waals surface area contributed by atoms with Crippen molar-refractivity contribution in [2.24, 2.45) is 19.1 Å². The zero-order valence-electron chi connectivity index (χ0n) is 18.7. The maximum atomic E-state index is 13.1. The minimum atomic E-state index is -0.131. The third-order valence-corrected chi connectivity index (χ3v) is 6.50. The lowest BCUT2D eigenvalue weighted by Gasteiger charge is -2.09. The molecule has 4 aromatic rings. The van der Waals surface area contributed by atoms with Crippen molar-refractivity contribution in [3.05, 3.63) is 87.3 Å². The summed E-state index contributed by atoms with van der Waals surface area (Å²) in [6.45, 7) is 6.58. The van der Waals surface area contributed by atoms with Gasteiger partial charge < -0.3 is 9.30 Å². The van der Waals surface area contributed by atoms with Crippen LogP contribution in [0.2, 0.25) is 0 Å². The Hall–Kier alpha value is -3.58. The van der Waals surface area contributed by atoms with Gasteiger partial charge in [-0.3, -0.25) is 14.2 Å². The number of hydrogen-bond donors (Lipinski definition) is 0. The molecule has 0 bridgehead atoms. The van der Waals surface area contributed by atoms with Gasteiger partial charge in [0.05, 0.1) is 18.5 Å². The Balaban J connectivity index is 1.97. The molecule has 0 radical (unpaired) electrons. The summed E-state index contributed by atoms with van der Waals surface area (Å²) < 4.78 is 10.8. The molecule has 0 unspecified atom stereocenters. The molecule has 0 fully saturated rings. The molecule has 4 rings (SSSR count). The zero-order chi connectivity index (χ0) is 22.8. The molecule has 0 saturated heterocycles. The average molecular weight is 447 g/mol.